The van der Waals surface area contributed by atoms with Gasteiger partial charge in [0.1, 0.15) is 23.1 Å². The lowest BCUT2D eigenvalue weighted by atomic mass is 10.2. The van der Waals surface area contributed by atoms with E-state index in [4.69, 9.17) is 27.0 Å². The Balaban J connectivity index is 2.31. The zero-order chi connectivity index (χ0) is 15.6. The van der Waals surface area contributed by atoms with E-state index in [0.717, 1.165) is 0 Å². The van der Waals surface area contributed by atoms with Crippen LogP contribution >= 0.6 is 38.2 Å². The van der Waals surface area contributed by atoms with E-state index in [9.17, 15) is 12.8 Å². The van der Waals surface area contributed by atoms with Crippen molar-refractivity contribution < 1.29 is 17.5 Å². The zero-order valence-corrected chi connectivity index (χ0v) is 14.2. The van der Waals surface area contributed by atoms with E-state index >= 15 is 0 Å². The van der Waals surface area contributed by atoms with Crippen LogP contribution in [-0.4, -0.2) is 8.42 Å². The molecule has 0 atom stereocenters. The van der Waals surface area contributed by atoms with Crippen LogP contribution in [0.25, 0.3) is 0 Å². The van der Waals surface area contributed by atoms with Crippen molar-refractivity contribution in [1.29, 1.82) is 0 Å². The Morgan fingerprint density at radius 2 is 1.95 bits per heavy atom. The number of halogens is 4. The zero-order valence-electron chi connectivity index (χ0n) is 10.3. The van der Waals surface area contributed by atoms with Gasteiger partial charge < -0.3 is 4.74 Å². The van der Waals surface area contributed by atoms with Crippen molar-refractivity contribution in [2.45, 2.75) is 11.5 Å². The first kappa shape index (κ1) is 16.5. The SMILES string of the molecule is O=S(=O)(Cl)c1cc(Br)ccc1OCc1cccc(Cl)c1F. The summed E-state index contributed by atoms with van der Waals surface area (Å²) in [7, 11) is 1.37. The van der Waals surface area contributed by atoms with Gasteiger partial charge in [0.25, 0.3) is 9.05 Å². The van der Waals surface area contributed by atoms with Crippen LogP contribution in [0.15, 0.2) is 45.8 Å². The maximum Gasteiger partial charge on any atom is 0.265 e. The molecule has 21 heavy (non-hydrogen) atoms. The Kier molecular flexibility index (Phi) is 5.14. The van der Waals surface area contributed by atoms with Crippen molar-refractivity contribution >= 4 is 47.3 Å². The molecule has 3 nitrogen and oxygen atoms in total. The van der Waals surface area contributed by atoms with Crippen LogP contribution in [0.3, 0.4) is 0 Å². The highest BCUT2D eigenvalue weighted by atomic mass is 79.9. The van der Waals surface area contributed by atoms with Gasteiger partial charge in [-0.2, -0.15) is 0 Å². The molecule has 2 aromatic rings. The van der Waals surface area contributed by atoms with Crippen molar-refractivity contribution in [2.24, 2.45) is 0 Å². The van der Waals surface area contributed by atoms with E-state index in [-0.39, 0.29) is 27.8 Å². The Bertz CT molecular complexity index is 781. The average molecular weight is 414 g/mol. The normalized spacial score (nSPS) is 11.4. The summed E-state index contributed by atoms with van der Waals surface area (Å²) in [5.41, 5.74) is 0.211. The fraction of sp³-hybridized carbons (Fsp3) is 0.0769. The highest BCUT2D eigenvalue weighted by Gasteiger charge is 2.18. The molecule has 0 radical (unpaired) electrons. The second kappa shape index (κ2) is 6.52. The summed E-state index contributed by atoms with van der Waals surface area (Å²) in [6.45, 7) is -0.173. The smallest absolute Gasteiger partial charge is 0.265 e. The van der Waals surface area contributed by atoms with Gasteiger partial charge in [-0.3, -0.25) is 0 Å². The number of ether oxygens (including phenoxy) is 1. The van der Waals surface area contributed by atoms with Gasteiger partial charge in [0.2, 0.25) is 0 Å². The molecule has 112 valence electrons. The molecule has 0 unspecified atom stereocenters. The standard InChI is InChI=1S/C13H8BrCl2FO3S/c14-9-4-5-11(12(6-9)21(16,18)19)20-7-8-2-1-3-10(15)13(8)17/h1-6H,7H2. The Hall–Kier alpha value is -0.820. The van der Waals surface area contributed by atoms with E-state index in [1.165, 1.54) is 24.3 Å². The highest BCUT2D eigenvalue weighted by molar-refractivity contribution is 9.10. The Morgan fingerprint density at radius 3 is 2.62 bits per heavy atom. The fourth-order valence-corrected chi connectivity index (χ4v) is 3.31. The molecule has 0 aliphatic carbocycles. The topological polar surface area (TPSA) is 43.4 Å². The number of rotatable bonds is 4. The third-order valence-corrected chi connectivity index (χ3v) is 4.71. The van der Waals surface area contributed by atoms with Gasteiger partial charge in [-0.1, -0.05) is 39.7 Å². The monoisotopic (exact) mass is 412 g/mol. The van der Waals surface area contributed by atoms with Crippen LogP contribution in [0.4, 0.5) is 4.39 Å². The lowest BCUT2D eigenvalue weighted by Crippen LogP contribution is -2.02. The van der Waals surface area contributed by atoms with E-state index in [0.29, 0.717) is 4.47 Å². The van der Waals surface area contributed by atoms with Crippen molar-refractivity contribution in [3.63, 3.8) is 0 Å². The van der Waals surface area contributed by atoms with E-state index in [1.807, 2.05) is 0 Å². The van der Waals surface area contributed by atoms with Crippen LogP contribution in [0, 0.1) is 5.82 Å². The van der Waals surface area contributed by atoms with Gasteiger partial charge in [-0.25, -0.2) is 12.8 Å². The predicted octanol–water partition coefficient (Wildman–Crippen LogP) is 4.75. The molecule has 0 fully saturated rings. The Labute approximate surface area is 139 Å². The molecule has 0 saturated carbocycles. The highest BCUT2D eigenvalue weighted by Crippen LogP contribution is 2.31. The molecular formula is C13H8BrCl2FO3S. The van der Waals surface area contributed by atoms with Gasteiger partial charge in [-0.05, 0) is 24.3 Å². The molecule has 0 aromatic heterocycles. The summed E-state index contributed by atoms with van der Waals surface area (Å²) in [4.78, 5) is -0.194. The minimum atomic E-state index is -3.98. The van der Waals surface area contributed by atoms with Crippen LogP contribution in [-0.2, 0) is 15.7 Å². The molecule has 0 bridgehead atoms. The quantitative estimate of drug-likeness (QED) is 0.679. The van der Waals surface area contributed by atoms with Crippen molar-refractivity contribution in [2.75, 3.05) is 0 Å². The molecule has 0 heterocycles. The minimum Gasteiger partial charge on any atom is -0.487 e. The third-order valence-electron chi connectivity index (χ3n) is 2.58. The molecule has 2 aromatic carbocycles. The second-order valence-corrected chi connectivity index (χ2v) is 7.89. The summed E-state index contributed by atoms with van der Waals surface area (Å²) in [5.74, 6) is -0.570. The predicted molar refractivity (Wildman–Crippen MR) is 82.9 cm³/mol. The van der Waals surface area contributed by atoms with Crippen LogP contribution in [0.1, 0.15) is 5.56 Å². The van der Waals surface area contributed by atoms with Gasteiger partial charge >= 0.3 is 0 Å². The van der Waals surface area contributed by atoms with Gasteiger partial charge in [0, 0.05) is 20.7 Å². The second-order valence-electron chi connectivity index (χ2n) is 4.03. The van der Waals surface area contributed by atoms with E-state index < -0.39 is 14.9 Å². The lowest BCUT2D eigenvalue weighted by molar-refractivity contribution is 0.292. The lowest BCUT2D eigenvalue weighted by Gasteiger charge is -2.11. The molecule has 0 saturated heterocycles. The third kappa shape index (κ3) is 4.10. The average Bonchev–Trinajstić information content (AvgIpc) is 2.40. The molecule has 8 heteroatoms. The summed E-state index contributed by atoms with van der Waals surface area (Å²) in [6.07, 6.45) is 0. The number of hydrogen-bond donors (Lipinski definition) is 0. The largest absolute Gasteiger partial charge is 0.487 e. The molecule has 0 aliphatic heterocycles. The molecular weight excluding hydrogens is 406 g/mol. The fourth-order valence-electron chi connectivity index (χ4n) is 1.61. The van der Waals surface area contributed by atoms with Gasteiger partial charge in [0.05, 0.1) is 5.02 Å². The van der Waals surface area contributed by atoms with Gasteiger partial charge in [-0.15, -0.1) is 0 Å². The van der Waals surface area contributed by atoms with Crippen LogP contribution in [0.5, 0.6) is 5.75 Å². The van der Waals surface area contributed by atoms with Gasteiger partial charge in [0.15, 0.2) is 0 Å². The maximum atomic E-state index is 13.7. The molecule has 0 amide bonds. The first-order valence-corrected chi connectivity index (χ1v) is 9.07. The van der Waals surface area contributed by atoms with Crippen LogP contribution in [0.2, 0.25) is 5.02 Å². The summed E-state index contributed by atoms with van der Waals surface area (Å²) >= 11 is 8.82. The van der Waals surface area contributed by atoms with E-state index in [1.54, 1.807) is 12.1 Å². The molecule has 0 spiro atoms. The van der Waals surface area contributed by atoms with Crippen molar-refractivity contribution in [1.82, 2.24) is 0 Å². The number of benzene rings is 2. The molecule has 0 aliphatic rings. The van der Waals surface area contributed by atoms with Crippen LogP contribution < -0.4 is 4.74 Å². The van der Waals surface area contributed by atoms with Crippen molar-refractivity contribution in [3.05, 3.63) is 57.3 Å². The Morgan fingerprint density at radius 1 is 1.24 bits per heavy atom. The molecule has 2 rings (SSSR count). The minimum absolute atomic E-state index is 0.0305. The molecule has 0 N–H and O–H groups in total. The number of hydrogen-bond acceptors (Lipinski definition) is 3. The first-order valence-electron chi connectivity index (χ1n) is 5.59. The summed E-state index contributed by atoms with van der Waals surface area (Å²) in [6, 6.07) is 8.82. The summed E-state index contributed by atoms with van der Waals surface area (Å²) < 4.78 is 42.6. The summed E-state index contributed by atoms with van der Waals surface area (Å²) in [5, 5.41) is -0.0305. The first-order chi connectivity index (χ1) is 9.79. The maximum absolute atomic E-state index is 13.7. The van der Waals surface area contributed by atoms with E-state index in [2.05, 4.69) is 15.9 Å². The van der Waals surface area contributed by atoms with Crippen molar-refractivity contribution in [3.8, 4) is 5.75 Å².